The third-order valence-corrected chi connectivity index (χ3v) is 4.76. The molecular weight excluding hydrogens is 360 g/mol. The molecule has 0 aliphatic carbocycles. The van der Waals surface area contributed by atoms with Crippen LogP contribution in [0.2, 0.25) is 0 Å². The molecule has 1 aromatic heterocycles. The lowest BCUT2D eigenvalue weighted by Crippen LogP contribution is -2.21. The number of benzene rings is 2. The Bertz CT molecular complexity index is 1030. The van der Waals surface area contributed by atoms with Crippen LogP contribution in [0.25, 0.3) is 0 Å². The standard InChI is InChI=1S/C21H16N2O3S/c1-14-5-2-3-8-17(14)23-19(24)13-26-18-9-10-27-21(18)20(25)16-7-4-6-15(11-16)12-22/h2-11H,13H2,1H3,(H,23,24). The summed E-state index contributed by atoms with van der Waals surface area (Å²) in [4.78, 5) is 25.2. The Labute approximate surface area is 160 Å². The van der Waals surface area contributed by atoms with Crippen LogP contribution in [0.15, 0.2) is 60.0 Å². The molecule has 0 aliphatic heterocycles. The zero-order valence-corrected chi connectivity index (χ0v) is 15.4. The minimum Gasteiger partial charge on any atom is -0.482 e. The highest BCUT2D eigenvalue weighted by molar-refractivity contribution is 7.12. The van der Waals surface area contributed by atoms with E-state index in [1.165, 1.54) is 17.4 Å². The molecule has 0 saturated heterocycles. The molecule has 2 aromatic carbocycles. The summed E-state index contributed by atoms with van der Waals surface area (Å²) in [5.74, 6) is -0.191. The minimum absolute atomic E-state index is 0.205. The van der Waals surface area contributed by atoms with Gasteiger partial charge < -0.3 is 10.1 Å². The first-order chi connectivity index (χ1) is 13.1. The molecule has 0 radical (unpaired) electrons. The van der Waals surface area contributed by atoms with E-state index in [2.05, 4.69) is 5.32 Å². The largest absolute Gasteiger partial charge is 0.482 e. The summed E-state index contributed by atoms with van der Waals surface area (Å²) in [5, 5.41) is 13.5. The topological polar surface area (TPSA) is 79.2 Å². The summed E-state index contributed by atoms with van der Waals surface area (Å²) in [6.07, 6.45) is 0. The fourth-order valence-corrected chi connectivity index (χ4v) is 3.28. The predicted octanol–water partition coefficient (Wildman–Crippen LogP) is 4.18. The minimum atomic E-state index is -0.305. The highest BCUT2D eigenvalue weighted by Crippen LogP contribution is 2.28. The van der Waals surface area contributed by atoms with Crippen molar-refractivity contribution in [1.82, 2.24) is 0 Å². The molecule has 0 unspecified atom stereocenters. The molecule has 0 fully saturated rings. The number of carbonyl (C=O) groups excluding carboxylic acids is 2. The summed E-state index contributed by atoms with van der Waals surface area (Å²) >= 11 is 1.23. The molecule has 1 heterocycles. The van der Waals surface area contributed by atoms with Crippen molar-refractivity contribution in [3.8, 4) is 11.8 Å². The van der Waals surface area contributed by atoms with Crippen molar-refractivity contribution >= 4 is 28.7 Å². The molecule has 6 heteroatoms. The van der Waals surface area contributed by atoms with Crippen LogP contribution < -0.4 is 10.1 Å². The lowest BCUT2D eigenvalue weighted by atomic mass is 10.1. The van der Waals surface area contributed by atoms with Gasteiger partial charge in [0, 0.05) is 11.3 Å². The van der Waals surface area contributed by atoms with Gasteiger partial charge in [0.05, 0.1) is 11.6 Å². The average molecular weight is 376 g/mol. The van der Waals surface area contributed by atoms with E-state index < -0.39 is 0 Å². The quantitative estimate of drug-likeness (QED) is 0.655. The number of nitriles is 1. The van der Waals surface area contributed by atoms with E-state index >= 15 is 0 Å². The van der Waals surface area contributed by atoms with Crippen molar-refractivity contribution in [2.24, 2.45) is 0 Å². The first kappa shape index (κ1) is 18.4. The summed E-state index contributed by atoms with van der Waals surface area (Å²) in [6.45, 7) is 1.70. The van der Waals surface area contributed by atoms with Crippen molar-refractivity contribution in [3.05, 3.63) is 81.5 Å². The van der Waals surface area contributed by atoms with Crippen LogP contribution in [0.3, 0.4) is 0 Å². The van der Waals surface area contributed by atoms with E-state index in [4.69, 9.17) is 10.00 Å². The molecule has 3 rings (SSSR count). The number of ketones is 1. The molecule has 27 heavy (non-hydrogen) atoms. The number of carbonyl (C=O) groups is 2. The number of anilines is 1. The fraction of sp³-hybridized carbons (Fsp3) is 0.0952. The highest BCUT2D eigenvalue weighted by Gasteiger charge is 2.18. The second-order valence-corrected chi connectivity index (χ2v) is 6.70. The van der Waals surface area contributed by atoms with Gasteiger partial charge in [0.2, 0.25) is 5.78 Å². The number of aryl methyl sites for hydroxylation is 1. The maximum Gasteiger partial charge on any atom is 0.262 e. The van der Waals surface area contributed by atoms with Crippen molar-refractivity contribution in [2.45, 2.75) is 6.92 Å². The van der Waals surface area contributed by atoms with Crippen LogP contribution in [0.5, 0.6) is 5.75 Å². The second-order valence-electron chi connectivity index (χ2n) is 5.79. The van der Waals surface area contributed by atoms with Crippen LogP contribution in [0.4, 0.5) is 5.69 Å². The van der Waals surface area contributed by atoms with Gasteiger partial charge >= 0.3 is 0 Å². The summed E-state index contributed by atoms with van der Waals surface area (Å²) in [5.41, 5.74) is 2.50. The molecule has 0 saturated carbocycles. The Morgan fingerprint density at radius 2 is 1.96 bits per heavy atom. The number of nitrogens with one attached hydrogen (secondary N) is 1. The van der Waals surface area contributed by atoms with E-state index in [9.17, 15) is 9.59 Å². The third kappa shape index (κ3) is 4.40. The van der Waals surface area contributed by atoms with E-state index in [1.54, 1.807) is 29.6 Å². The zero-order valence-electron chi connectivity index (χ0n) is 14.6. The number of ether oxygens (including phenoxy) is 1. The fourth-order valence-electron chi connectivity index (χ4n) is 2.48. The molecular formula is C21H16N2O3S. The van der Waals surface area contributed by atoms with Gasteiger partial charge in [0.25, 0.3) is 5.91 Å². The molecule has 1 amide bonds. The second kappa shape index (κ2) is 8.30. The van der Waals surface area contributed by atoms with Gasteiger partial charge in [-0.15, -0.1) is 11.3 Å². The van der Waals surface area contributed by atoms with Crippen LogP contribution in [-0.2, 0) is 4.79 Å². The van der Waals surface area contributed by atoms with Gasteiger partial charge in [-0.25, -0.2) is 0 Å². The monoisotopic (exact) mass is 376 g/mol. The average Bonchev–Trinajstić information content (AvgIpc) is 3.16. The van der Waals surface area contributed by atoms with Crippen LogP contribution in [0, 0.1) is 18.3 Å². The van der Waals surface area contributed by atoms with Gasteiger partial charge in [0.15, 0.2) is 6.61 Å². The number of hydrogen-bond acceptors (Lipinski definition) is 5. The molecule has 0 spiro atoms. The lowest BCUT2D eigenvalue weighted by Gasteiger charge is -2.09. The Kier molecular flexibility index (Phi) is 5.64. The lowest BCUT2D eigenvalue weighted by molar-refractivity contribution is -0.118. The molecule has 3 aromatic rings. The first-order valence-electron chi connectivity index (χ1n) is 8.19. The third-order valence-electron chi connectivity index (χ3n) is 3.87. The smallest absolute Gasteiger partial charge is 0.262 e. The number of nitrogens with zero attached hydrogens (tertiary/aromatic N) is 1. The summed E-state index contributed by atoms with van der Waals surface area (Å²) in [7, 11) is 0. The van der Waals surface area contributed by atoms with Crippen molar-refractivity contribution in [2.75, 3.05) is 11.9 Å². The predicted molar refractivity (Wildman–Crippen MR) is 104 cm³/mol. The highest BCUT2D eigenvalue weighted by atomic mass is 32.1. The molecule has 0 aliphatic rings. The normalized spacial score (nSPS) is 10.1. The zero-order chi connectivity index (χ0) is 19.2. The molecule has 1 N–H and O–H groups in total. The number of amides is 1. The number of hydrogen-bond donors (Lipinski definition) is 1. The maximum atomic E-state index is 12.7. The SMILES string of the molecule is Cc1ccccc1NC(=O)COc1ccsc1C(=O)c1cccc(C#N)c1. The van der Waals surface area contributed by atoms with Crippen LogP contribution >= 0.6 is 11.3 Å². The number of para-hydroxylation sites is 1. The maximum absolute atomic E-state index is 12.7. The van der Waals surface area contributed by atoms with Crippen LogP contribution in [0.1, 0.15) is 26.4 Å². The Balaban J connectivity index is 1.68. The molecule has 0 atom stereocenters. The van der Waals surface area contributed by atoms with Crippen LogP contribution in [-0.4, -0.2) is 18.3 Å². The van der Waals surface area contributed by atoms with E-state index in [-0.39, 0.29) is 18.3 Å². The molecule has 5 nitrogen and oxygen atoms in total. The summed E-state index contributed by atoms with van der Waals surface area (Å²) < 4.78 is 5.56. The van der Waals surface area contributed by atoms with Gasteiger partial charge in [-0.2, -0.15) is 5.26 Å². The number of rotatable bonds is 6. The van der Waals surface area contributed by atoms with Gasteiger partial charge in [-0.1, -0.05) is 30.3 Å². The van der Waals surface area contributed by atoms with Gasteiger partial charge in [0.1, 0.15) is 10.6 Å². The van der Waals surface area contributed by atoms with Crippen molar-refractivity contribution in [1.29, 1.82) is 5.26 Å². The Morgan fingerprint density at radius 3 is 2.74 bits per heavy atom. The summed E-state index contributed by atoms with van der Waals surface area (Å²) in [6, 6.07) is 17.6. The Morgan fingerprint density at radius 1 is 1.15 bits per heavy atom. The molecule has 0 bridgehead atoms. The molecule has 134 valence electrons. The van der Waals surface area contributed by atoms with E-state index in [0.29, 0.717) is 21.8 Å². The van der Waals surface area contributed by atoms with Gasteiger partial charge in [-0.3, -0.25) is 9.59 Å². The Hall–Kier alpha value is -3.43. The van der Waals surface area contributed by atoms with E-state index in [0.717, 1.165) is 11.3 Å². The number of thiophene rings is 1. The first-order valence-corrected chi connectivity index (χ1v) is 9.07. The van der Waals surface area contributed by atoms with Crippen molar-refractivity contribution in [3.63, 3.8) is 0 Å². The van der Waals surface area contributed by atoms with Crippen molar-refractivity contribution < 1.29 is 14.3 Å². The van der Waals surface area contributed by atoms with Gasteiger partial charge in [-0.05, 0) is 42.1 Å². The van der Waals surface area contributed by atoms with E-state index in [1.807, 2.05) is 37.3 Å².